The maximum Gasteiger partial charge on any atom is 0.234 e. The van der Waals surface area contributed by atoms with Crippen molar-refractivity contribution in [1.82, 2.24) is 20.2 Å². The summed E-state index contributed by atoms with van der Waals surface area (Å²) in [6.45, 7) is 4.13. The zero-order valence-corrected chi connectivity index (χ0v) is 14.1. The molecular formula is C17H20ClN5O. The van der Waals surface area contributed by atoms with Gasteiger partial charge in [-0.15, -0.1) is 0 Å². The molecule has 3 rings (SSSR count). The van der Waals surface area contributed by atoms with E-state index in [1.807, 2.05) is 30.3 Å². The smallest absolute Gasteiger partial charge is 0.234 e. The second kappa shape index (κ2) is 8.08. The molecule has 6 nitrogen and oxygen atoms in total. The fourth-order valence-electron chi connectivity index (χ4n) is 2.66. The molecule has 1 aromatic carbocycles. The van der Waals surface area contributed by atoms with Gasteiger partial charge in [0.1, 0.15) is 0 Å². The van der Waals surface area contributed by atoms with Crippen LogP contribution >= 0.6 is 11.6 Å². The van der Waals surface area contributed by atoms with Crippen LogP contribution in [0.15, 0.2) is 42.7 Å². The van der Waals surface area contributed by atoms with E-state index >= 15 is 0 Å². The van der Waals surface area contributed by atoms with Gasteiger partial charge in [-0.25, -0.2) is 9.97 Å². The number of nitrogens with one attached hydrogen (secondary N) is 1. The second-order valence-electron chi connectivity index (χ2n) is 5.68. The molecule has 0 saturated carbocycles. The number of carbonyl (C=O) groups is 1. The number of piperazine rings is 1. The molecule has 126 valence electrons. The highest BCUT2D eigenvalue weighted by Crippen LogP contribution is 2.14. The van der Waals surface area contributed by atoms with Gasteiger partial charge in [0.15, 0.2) is 0 Å². The van der Waals surface area contributed by atoms with Crippen LogP contribution in [0.2, 0.25) is 5.02 Å². The molecule has 2 aromatic rings. The minimum atomic E-state index is 0.0133. The Morgan fingerprint density at radius 1 is 1.08 bits per heavy atom. The molecule has 1 fully saturated rings. The van der Waals surface area contributed by atoms with Crippen LogP contribution in [-0.4, -0.2) is 53.5 Å². The molecule has 0 aliphatic carbocycles. The average molecular weight is 346 g/mol. The Balaban J connectivity index is 1.43. The number of aromatic nitrogens is 2. The van der Waals surface area contributed by atoms with Gasteiger partial charge >= 0.3 is 0 Å². The van der Waals surface area contributed by atoms with Crippen LogP contribution in [0.3, 0.4) is 0 Å². The van der Waals surface area contributed by atoms with Crippen LogP contribution in [0.25, 0.3) is 0 Å². The number of halogens is 1. The molecule has 7 heteroatoms. The molecule has 1 amide bonds. The molecule has 1 aromatic heterocycles. The van der Waals surface area contributed by atoms with Gasteiger partial charge < -0.3 is 10.2 Å². The summed E-state index contributed by atoms with van der Waals surface area (Å²) in [4.78, 5) is 24.9. The molecular weight excluding hydrogens is 326 g/mol. The third-order valence-electron chi connectivity index (χ3n) is 4.01. The van der Waals surface area contributed by atoms with Crippen molar-refractivity contribution < 1.29 is 4.79 Å². The summed E-state index contributed by atoms with van der Waals surface area (Å²) in [7, 11) is 0. The molecule has 0 atom stereocenters. The zero-order valence-electron chi connectivity index (χ0n) is 13.4. The Kier molecular flexibility index (Phi) is 5.61. The van der Waals surface area contributed by atoms with Gasteiger partial charge in [-0.3, -0.25) is 9.69 Å². The first-order valence-corrected chi connectivity index (χ1v) is 8.34. The first-order valence-electron chi connectivity index (χ1n) is 7.97. The number of rotatable bonds is 5. The van der Waals surface area contributed by atoms with Gasteiger partial charge in [0.05, 0.1) is 6.54 Å². The summed E-state index contributed by atoms with van der Waals surface area (Å²) >= 11 is 6.09. The molecule has 0 unspecified atom stereocenters. The molecule has 1 saturated heterocycles. The van der Waals surface area contributed by atoms with Crippen LogP contribution in [0, 0.1) is 0 Å². The maximum atomic E-state index is 12.1. The number of carbonyl (C=O) groups excluding carboxylic acids is 1. The number of hydrogen-bond acceptors (Lipinski definition) is 5. The van der Waals surface area contributed by atoms with E-state index in [1.165, 1.54) is 0 Å². The van der Waals surface area contributed by atoms with Gasteiger partial charge in [0, 0.05) is 50.1 Å². The van der Waals surface area contributed by atoms with Gasteiger partial charge in [0.25, 0.3) is 0 Å². The number of amides is 1. The molecule has 1 N–H and O–H groups in total. The van der Waals surface area contributed by atoms with Gasteiger partial charge in [-0.1, -0.05) is 29.8 Å². The van der Waals surface area contributed by atoms with Crippen molar-refractivity contribution in [3.8, 4) is 0 Å². The lowest BCUT2D eigenvalue weighted by Gasteiger charge is -2.34. The van der Waals surface area contributed by atoms with E-state index in [9.17, 15) is 4.79 Å². The van der Waals surface area contributed by atoms with E-state index in [4.69, 9.17) is 11.6 Å². The van der Waals surface area contributed by atoms with Crippen molar-refractivity contribution >= 4 is 23.5 Å². The number of benzene rings is 1. The van der Waals surface area contributed by atoms with E-state index in [1.54, 1.807) is 12.4 Å². The summed E-state index contributed by atoms with van der Waals surface area (Å²) < 4.78 is 0. The summed E-state index contributed by atoms with van der Waals surface area (Å²) in [5, 5.41) is 3.60. The third kappa shape index (κ3) is 4.43. The molecule has 24 heavy (non-hydrogen) atoms. The summed E-state index contributed by atoms with van der Waals surface area (Å²) in [6, 6.07) is 9.35. The van der Waals surface area contributed by atoms with Crippen LogP contribution in [0.1, 0.15) is 5.56 Å². The Labute approximate surface area is 146 Å². The lowest BCUT2D eigenvalue weighted by molar-refractivity contribution is -0.122. The monoisotopic (exact) mass is 345 g/mol. The van der Waals surface area contributed by atoms with Crippen molar-refractivity contribution in [3.05, 3.63) is 53.3 Å². The average Bonchev–Trinajstić information content (AvgIpc) is 2.62. The van der Waals surface area contributed by atoms with E-state index in [0.717, 1.165) is 37.7 Å². The van der Waals surface area contributed by atoms with Crippen molar-refractivity contribution in [2.24, 2.45) is 0 Å². The van der Waals surface area contributed by atoms with Crippen LogP contribution < -0.4 is 10.2 Å². The minimum absolute atomic E-state index is 0.0133. The molecule has 0 bridgehead atoms. The molecule has 0 spiro atoms. The van der Waals surface area contributed by atoms with Gasteiger partial charge in [-0.05, 0) is 17.7 Å². The quantitative estimate of drug-likeness (QED) is 0.891. The number of hydrogen-bond donors (Lipinski definition) is 1. The second-order valence-corrected chi connectivity index (χ2v) is 6.09. The number of nitrogens with zero attached hydrogens (tertiary/aromatic N) is 4. The number of anilines is 1. The van der Waals surface area contributed by atoms with Crippen LogP contribution in [0.5, 0.6) is 0 Å². The molecule has 1 aliphatic heterocycles. The Morgan fingerprint density at radius 2 is 1.79 bits per heavy atom. The van der Waals surface area contributed by atoms with Crippen LogP contribution in [-0.2, 0) is 11.3 Å². The standard InChI is InChI=1S/C17H20ClN5O/c18-15-5-2-1-4-14(15)12-21-16(24)13-22-8-10-23(11-9-22)17-19-6-3-7-20-17/h1-7H,8-13H2,(H,21,24). The van der Waals surface area contributed by atoms with Gasteiger partial charge in [-0.2, -0.15) is 0 Å². The normalized spacial score (nSPS) is 15.3. The van der Waals surface area contributed by atoms with Crippen molar-refractivity contribution in [1.29, 1.82) is 0 Å². The van der Waals surface area contributed by atoms with Crippen molar-refractivity contribution in [3.63, 3.8) is 0 Å². The fourth-order valence-corrected chi connectivity index (χ4v) is 2.86. The maximum absolute atomic E-state index is 12.1. The lowest BCUT2D eigenvalue weighted by atomic mass is 10.2. The highest BCUT2D eigenvalue weighted by Gasteiger charge is 2.20. The predicted molar refractivity (Wildman–Crippen MR) is 94.0 cm³/mol. The summed E-state index contributed by atoms with van der Waals surface area (Å²) in [5.41, 5.74) is 0.929. The SMILES string of the molecule is O=C(CN1CCN(c2ncccn2)CC1)NCc1ccccc1Cl. The highest BCUT2D eigenvalue weighted by molar-refractivity contribution is 6.31. The summed E-state index contributed by atoms with van der Waals surface area (Å²) in [5.74, 6) is 0.764. The predicted octanol–water partition coefficient (Wildman–Crippen LogP) is 1.57. The molecule has 1 aliphatic rings. The van der Waals surface area contributed by atoms with Crippen molar-refractivity contribution in [2.75, 3.05) is 37.6 Å². The van der Waals surface area contributed by atoms with E-state index < -0.39 is 0 Å². The first-order chi connectivity index (χ1) is 11.7. The zero-order chi connectivity index (χ0) is 16.8. The van der Waals surface area contributed by atoms with E-state index in [0.29, 0.717) is 18.1 Å². The molecule has 0 radical (unpaired) electrons. The molecule has 2 heterocycles. The Bertz CT molecular complexity index is 674. The van der Waals surface area contributed by atoms with Crippen molar-refractivity contribution in [2.45, 2.75) is 6.54 Å². The Morgan fingerprint density at radius 3 is 2.50 bits per heavy atom. The lowest BCUT2D eigenvalue weighted by Crippen LogP contribution is -2.49. The van der Waals surface area contributed by atoms with Gasteiger partial charge in [0.2, 0.25) is 11.9 Å². The first kappa shape index (κ1) is 16.7. The summed E-state index contributed by atoms with van der Waals surface area (Å²) in [6.07, 6.45) is 3.49. The largest absolute Gasteiger partial charge is 0.351 e. The van der Waals surface area contributed by atoms with E-state index in [-0.39, 0.29) is 5.91 Å². The van der Waals surface area contributed by atoms with E-state index in [2.05, 4.69) is 25.1 Å². The highest BCUT2D eigenvalue weighted by atomic mass is 35.5. The minimum Gasteiger partial charge on any atom is -0.351 e. The topological polar surface area (TPSA) is 61.4 Å². The Hall–Kier alpha value is -2.18. The fraction of sp³-hybridized carbons (Fsp3) is 0.353. The van der Waals surface area contributed by atoms with Crippen LogP contribution in [0.4, 0.5) is 5.95 Å². The third-order valence-corrected chi connectivity index (χ3v) is 4.38.